The van der Waals surface area contributed by atoms with E-state index in [0.717, 1.165) is 27.9 Å². The molecule has 1 heterocycles. The average molecular weight is 466 g/mol. The van der Waals surface area contributed by atoms with Gasteiger partial charge in [0.05, 0.1) is 16.2 Å². The van der Waals surface area contributed by atoms with Crippen LogP contribution < -0.4 is 10.5 Å². The molecule has 0 saturated heterocycles. The number of amides is 1. The quantitative estimate of drug-likeness (QED) is 0.536. The molecule has 0 atom stereocenters. The first-order valence-electron chi connectivity index (χ1n) is 10.8. The molecule has 33 heavy (non-hydrogen) atoms. The molecule has 3 aromatic rings. The zero-order chi connectivity index (χ0) is 24.6. The average Bonchev–Trinajstić information content (AvgIpc) is 2.69. The number of rotatable bonds is 5. The van der Waals surface area contributed by atoms with E-state index in [-0.39, 0.29) is 15.9 Å². The lowest BCUT2D eigenvalue weighted by Crippen LogP contribution is -2.32. The Kier molecular flexibility index (Phi) is 6.65. The second-order valence-electron chi connectivity index (χ2n) is 9.50. The van der Waals surface area contributed by atoms with E-state index in [0.29, 0.717) is 17.8 Å². The maximum atomic E-state index is 13.2. The van der Waals surface area contributed by atoms with Gasteiger partial charge in [0.2, 0.25) is 0 Å². The number of aryl methyl sites for hydroxylation is 3. The molecule has 0 bridgehead atoms. The molecule has 174 valence electrons. The minimum Gasteiger partial charge on any atom is -0.399 e. The fourth-order valence-electron chi connectivity index (χ4n) is 3.83. The Labute approximate surface area is 196 Å². The molecule has 1 amide bonds. The van der Waals surface area contributed by atoms with Gasteiger partial charge in [0.15, 0.2) is 0 Å². The topological polar surface area (TPSA) is 102 Å². The number of nitrogens with two attached hydrogens (primary N) is 1. The molecule has 6 nitrogen and oxygen atoms in total. The summed E-state index contributed by atoms with van der Waals surface area (Å²) in [4.78, 5) is 17.9. The Hall–Kier alpha value is -3.19. The number of anilines is 1. The van der Waals surface area contributed by atoms with Gasteiger partial charge in [-0.2, -0.15) is 0 Å². The van der Waals surface area contributed by atoms with E-state index < -0.39 is 15.9 Å². The number of pyridine rings is 1. The van der Waals surface area contributed by atoms with E-state index in [1.54, 1.807) is 18.2 Å². The third-order valence-electron chi connectivity index (χ3n) is 5.57. The first-order chi connectivity index (χ1) is 15.3. The van der Waals surface area contributed by atoms with E-state index in [9.17, 15) is 13.2 Å². The van der Waals surface area contributed by atoms with Crippen LogP contribution in [0.5, 0.6) is 0 Å². The number of benzene rings is 2. The lowest BCUT2D eigenvalue weighted by atomic mass is 9.89. The number of carbonyl (C=O) groups excluding carboxylic acids is 1. The summed E-state index contributed by atoms with van der Waals surface area (Å²) in [5.41, 5.74) is 11.8. The van der Waals surface area contributed by atoms with Crippen molar-refractivity contribution < 1.29 is 13.2 Å². The highest BCUT2D eigenvalue weighted by Gasteiger charge is 2.24. The molecule has 0 radical (unpaired) electrons. The fourth-order valence-corrected chi connectivity index (χ4v) is 4.86. The van der Waals surface area contributed by atoms with E-state index in [2.05, 4.69) is 16.9 Å². The number of carbonyl (C=O) groups is 1. The molecule has 2 aromatic carbocycles. The lowest BCUT2D eigenvalue weighted by molar-refractivity contribution is 0.0980. The number of nitrogen functional groups attached to an aromatic ring is 1. The zero-order valence-electron chi connectivity index (χ0n) is 20.0. The van der Waals surface area contributed by atoms with Gasteiger partial charge < -0.3 is 5.73 Å². The molecule has 0 aliphatic heterocycles. The van der Waals surface area contributed by atoms with Crippen molar-refractivity contribution in [3.63, 3.8) is 0 Å². The predicted molar refractivity (Wildman–Crippen MR) is 132 cm³/mol. The van der Waals surface area contributed by atoms with Crippen LogP contribution in [-0.4, -0.2) is 19.3 Å². The smallest absolute Gasteiger partial charge is 0.266 e. The van der Waals surface area contributed by atoms with Crippen molar-refractivity contribution in [1.82, 2.24) is 9.71 Å². The predicted octanol–water partition coefficient (Wildman–Crippen LogP) is 4.60. The molecule has 3 rings (SSSR count). The van der Waals surface area contributed by atoms with Crippen molar-refractivity contribution in [2.24, 2.45) is 0 Å². The van der Waals surface area contributed by atoms with Crippen LogP contribution in [0.25, 0.3) is 0 Å². The summed E-state index contributed by atoms with van der Waals surface area (Å²) in [5, 5.41) is 0. The number of hydrogen-bond donors (Lipinski definition) is 2. The highest BCUT2D eigenvalue weighted by Crippen LogP contribution is 2.26. The van der Waals surface area contributed by atoms with E-state index in [1.807, 2.05) is 41.5 Å². The van der Waals surface area contributed by atoms with Crippen LogP contribution in [0, 0.1) is 20.8 Å². The summed E-state index contributed by atoms with van der Waals surface area (Å²) in [6.07, 6.45) is 0.420. The molecule has 0 aliphatic carbocycles. The maximum Gasteiger partial charge on any atom is 0.266 e. The molecule has 0 fully saturated rings. The molecular weight excluding hydrogens is 434 g/mol. The third-order valence-corrected chi connectivity index (χ3v) is 6.90. The Balaban J connectivity index is 2.05. The van der Waals surface area contributed by atoms with Gasteiger partial charge in [-0.3, -0.25) is 9.78 Å². The molecule has 7 heteroatoms. The van der Waals surface area contributed by atoms with E-state index in [4.69, 9.17) is 10.7 Å². The molecule has 0 saturated carbocycles. The first kappa shape index (κ1) is 24.5. The Morgan fingerprint density at radius 3 is 2.21 bits per heavy atom. The summed E-state index contributed by atoms with van der Waals surface area (Å²) in [7, 11) is -4.09. The van der Waals surface area contributed by atoms with Crippen LogP contribution in [0.1, 0.15) is 64.8 Å². The van der Waals surface area contributed by atoms with Crippen LogP contribution in [0.15, 0.2) is 53.4 Å². The van der Waals surface area contributed by atoms with Gasteiger partial charge >= 0.3 is 0 Å². The number of sulfonamides is 1. The Morgan fingerprint density at radius 1 is 1.00 bits per heavy atom. The summed E-state index contributed by atoms with van der Waals surface area (Å²) < 4.78 is 27.8. The molecule has 3 N–H and O–H groups in total. The fraction of sp³-hybridized carbons (Fsp3) is 0.308. The van der Waals surface area contributed by atoms with Crippen molar-refractivity contribution in [1.29, 1.82) is 0 Å². The minimum atomic E-state index is -4.09. The molecule has 0 unspecified atom stereocenters. The van der Waals surface area contributed by atoms with Crippen molar-refractivity contribution >= 4 is 21.6 Å². The number of nitrogens with one attached hydrogen (secondary N) is 1. The number of nitrogens with zero attached hydrogens (tertiary/aromatic N) is 1. The normalized spacial score (nSPS) is 11.9. The monoisotopic (exact) mass is 465 g/mol. The van der Waals surface area contributed by atoms with Crippen molar-refractivity contribution in [2.75, 3.05) is 5.73 Å². The highest BCUT2D eigenvalue weighted by atomic mass is 32.2. The lowest BCUT2D eigenvalue weighted by Gasteiger charge is -2.21. The van der Waals surface area contributed by atoms with Crippen LogP contribution in [-0.2, 0) is 21.9 Å². The van der Waals surface area contributed by atoms with E-state index >= 15 is 0 Å². The summed E-state index contributed by atoms with van der Waals surface area (Å²) in [6.45, 7) is 12.3. The van der Waals surface area contributed by atoms with Crippen molar-refractivity contribution in [3.05, 3.63) is 87.7 Å². The van der Waals surface area contributed by atoms with Gasteiger partial charge in [0, 0.05) is 23.2 Å². The van der Waals surface area contributed by atoms with Gasteiger partial charge in [-0.1, -0.05) is 44.5 Å². The van der Waals surface area contributed by atoms with Gasteiger partial charge in [0.25, 0.3) is 15.9 Å². The Bertz CT molecular complexity index is 1300. The molecular formula is C26H31N3O3S. The van der Waals surface area contributed by atoms with Gasteiger partial charge in [-0.05, 0) is 67.8 Å². The van der Waals surface area contributed by atoms with Gasteiger partial charge in [-0.15, -0.1) is 0 Å². The standard InChI is InChI=1S/C26H31N3O3S/c1-16-12-17(2)22(18(3)13-16)15-23-21(10-11-24(28-23)26(4,5)6)25(30)29-33(31,32)20-9-7-8-19(27)14-20/h7-14H,15,27H2,1-6H3,(H,29,30). The second-order valence-corrected chi connectivity index (χ2v) is 11.2. The highest BCUT2D eigenvalue weighted by molar-refractivity contribution is 7.90. The number of hydrogen-bond acceptors (Lipinski definition) is 5. The first-order valence-corrected chi connectivity index (χ1v) is 12.3. The van der Waals surface area contributed by atoms with Crippen LogP contribution in [0.4, 0.5) is 5.69 Å². The molecule has 0 aliphatic rings. The summed E-state index contributed by atoms with van der Waals surface area (Å²) in [6, 6.07) is 13.5. The van der Waals surface area contributed by atoms with Crippen molar-refractivity contribution in [3.8, 4) is 0 Å². The Morgan fingerprint density at radius 2 is 1.64 bits per heavy atom. The number of aromatic nitrogens is 1. The molecule has 1 aromatic heterocycles. The SMILES string of the molecule is Cc1cc(C)c(Cc2nc(C(C)(C)C)ccc2C(=O)NS(=O)(=O)c2cccc(N)c2)c(C)c1. The molecule has 0 spiro atoms. The van der Waals surface area contributed by atoms with Gasteiger partial charge in [0.1, 0.15) is 0 Å². The van der Waals surface area contributed by atoms with Crippen LogP contribution >= 0.6 is 0 Å². The minimum absolute atomic E-state index is 0.0677. The summed E-state index contributed by atoms with van der Waals surface area (Å²) >= 11 is 0. The largest absolute Gasteiger partial charge is 0.399 e. The third kappa shape index (κ3) is 5.60. The maximum absolute atomic E-state index is 13.2. The summed E-state index contributed by atoms with van der Waals surface area (Å²) in [5.74, 6) is -0.720. The van der Waals surface area contributed by atoms with Crippen LogP contribution in [0.3, 0.4) is 0 Å². The second kappa shape index (κ2) is 8.98. The van der Waals surface area contributed by atoms with Gasteiger partial charge in [-0.25, -0.2) is 13.1 Å². The van der Waals surface area contributed by atoms with E-state index in [1.165, 1.54) is 18.2 Å². The van der Waals surface area contributed by atoms with Crippen LogP contribution in [0.2, 0.25) is 0 Å². The zero-order valence-corrected chi connectivity index (χ0v) is 20.8. The van der Waals surface area contributed by atoms with Crippen molar-refractivity contribution in [2.45, 2.75) is 58.3 Å².